The van der Waals surface area contributed by atoms with Gasteiger partial charge in [-0.25, -0.2) is 4.79 Å². The Balaban J connectivity index is 2.34. The Hall–Kier alpha value is -2.05. The molecule has 0 amide bonds. The van der Waals surface area contributed by atoms with E-state index in [0.29, 0.717) is 15.7 Å². The molecule has 0 atom stereocenters. The molecular formula is C14H9BrClNO4. The summed E-state index contributed by atoms with van der Waals surface area (Å²) in [5, 5.41) is 28.4. The molecule has 0 aliphatic heterocycles. The number of aromatic carboxylic acids is 1. The van der Waals surface area contributed by atoms with Gasteiger partial charge >= 0.3 is 5.97 Å². The maximum absolute atomic E-state index is 10.8. The van der Waals surface area contributed by atoms with E-state index in [-0.39, 0.29) is 22.1 Å². The van der Waals surface area contributed by atoms with E-state index in [1.54, 1.807) is 12.1 Å². The highest BCUT2D eigenvalue weighted by atomic mass is 79.9. The van der Waals surface area contributed by atoms with E-state index in [1.165, 1.54) is 24.4 Å². The van der Waals surface area contributed by atoms with Gasteiger partial charge in [0.05, 0.1) is 10.7 Å². The number of hydrogen-bond acceptors (Lipinski definition) is 4. The van der Waals surface area contributed by atoms with Crippen LogP contribution in [0, 0.1) is 0 Å². The van der Waals surface area contributed by atoms with E-state index in [0.717, 1.165) is 0 Å². The van der Waals surface area contributed by atoms with Gasteiger partial charge in [-0.05, 0) is 24.3 Å². The van der Waals surface area contributed by atoms with Crippen LogP contribution >= 0.6 is 27.5 Å². The summed E-state index contributed by atoms with van der Waals surface area (Å²) in [6, 6.07) is 7.07. The number of hydrogen-bond donors (Lipinski definition) is 3. The van der Waals surface area contributed by atoms with Crippen LogP contribution in [0.1, 0.15) is 15.9 Å². The van der Waals surface area contributed by atoms with Gasteiger partial charge in [0.1, 0.15) is 17.1 Å². The van der Waals surface area contributed by atoms with Gasteiger partial charge in [0.25, 0.3) is 0 Å². The Kier molecular flexibility index (Phi) is 4.50. The summed E-state index contributed by atoms with van der Waals surface area (Å²) in [7, 11) is 0. The van der Waals surface area contributed by atoms with Crippen LogP contribution in [0.4, 0.5) is 5.69 Å². The third kappa shape index (κ3) is 3.53. The van der Waals surface area contributed by atoms with Crippen molar-refractivity contribution >= 4 is 45.4 Å². The molecule has 0 radical (unpaired) electrons. The maximum atomic E-state index is 10.8. The molecule has 0 aliphatic rings. The molecule has 108 valence electrons. The van der Waals surface area contributed by atoms with E-state index in [2.05, 4.69) is 20.9 Å². The molecule has 7 heteroatoms. The number of phenols is 2. The van der Waals surface area contributed by atoms with E-state index in [1.807, 2.05) is 0 Å². The lowest BCUT2D eigenvalue weighted by molar-refractivity contribution is 0.0694. The predicted molar refractivity (Wildman–Crippen MR) is 83.1 cm³/mol. The molecule has 21 heavy (non-hydrogen) atoms. The maximum Gasteiger partial charge on any atom is 0.339 e. The number of phenolic OH excluding ortho intramolecular Hbond substituents is 1. The van der Waals surface area contributed by atoms with Crippen LogP contribution in [0.15, 0.2) is 39.8 Å². The average Bonchev–Trinajstić information content (AvgIpc) is 2.40. The molecule has 0 aromatic heterocycles. The highest BCUT2D eigenvalue weighted by Crippen LogP contribution is 2.31. The Morgan fingerprint density at radius 2 is 1.95 bits per heavy atom. The highest BCUT2D eigenvalue weighted by molar-refractivity contribution is 9.10. The van der Waals surface area contributed by atoms with E-state index < -0.39 is 5.97 Å². The molecule has 0 heterocycles. The van der Waals surface area contributed by atoms with Crippen molar-refractivity contribution in [3.8, 4) is 11.5 Å². The quantitative estimate of drug-likeness (QED) is 0.713. The molecule has 0 spiro atoms. The van der Waals surface area contributed by atoms with E-state index in [9.17, 15) is 15.0 Å². The van der Waals surface area contributed by atoms with Crippen molar-refractivity contribution in [1.29, 1.82) is 0 Å². The van der Waals surface area contributed by atoms with Gasteiger partial charge in [-0.2, -0.15) is 0 Å². The zero-order valence-corrected chi connectivity index (χ0v) is 12.8. The topological polar surface area (TPSA) is 90.1 Å². The SMILES string of the molecule is O=C(O)c1ccc(N=Cc2cc(Br)cc(Cl)c2O)cc1O. The summed E-state index contributed by atoms with van der Waals surface area (Å²) in [5.41, 5.74) is 0.520. The highest BCUT2D eigenvalue weighted by Gasteiger charge is 2.09. The van der Waals surface area contributed by atoms with Crippen molar-refractivity contribution in [3.05, 3.63) is 51.0 Å². The zero-order chi connectivity index (χ0) is 15.6. The van der Waals surface area contributed by atoms with Gasteiger partial charge in [-0.1, -0.05) is 27.5 Å². The molecule has 2 rings (SSSR count). The Labute approximate surface area is 133 Å². The summed E-state index contributed by atoms with van der Waals surface area (Å²) in [6.07, 6.45) is 1.36. The van der Waals surface area contributed by atoms with Gasteiger partial charge in [0.15, 0.2) is 0 Å². The number of carbonyl (C=O) groups is 1. The number of halogens is 2. The van der Waals surface area contributed by atoms with E-state index in [4.69, 9.17) is 16.7 Å². The lowest BCUT2D eigenvalue weighted by Gasteiger charge is -2.03. The molecule has 0 bridgehead atoms. The summed E-state index contributed by atoms with van der Waals surface area (Å²) >= 11 is 9.08. The fourth-order valence-electron chi connectivity index (χ4n) is 1.61. The lowest BCUT2D eigenvalue weighted by atomic mass is 10.2. The monoisotopic (exact) mass is 369 g/mol. The van der Waals surface area contributed by atoms with Crippen LogP contribution in [0.5, 0.6) is 11.5 Å². The molecule has 2 aromatic carbocycles. The first kappa shape index (κ1) is 15.3. The van der Waals surface area contributed by atoms with Gasteiger partial charge in [-0.15, -0.1) is 0 Å². The molecule has 0 saturated heterocycles. The second-order valence-electron chi connectivity index (χ2n) is 4.09. The van der Waals surface area contributed by atoms with Crippen molar-refractivity contribution in [3.63, 3.8) is 0 Å². The summed E-state index contributed by atoms with van der Waals surface area (Å²) in [4.78, 5) is 14.8. The first-order valence-electron chi connectivity index (χ1n) is 5.67. The normalized spacial score (nSPS) is 11.0. The molecule has 0 aliphatic carbocycles. The van der Waals surface area contributed by atoms with Crippen molar-refractivity contribution in [2.75, 3.05) is 0 Å². The molecule has 5 nitrogen and oxygen atoms in total. The number of benzene rings is 2. The second-order valence-corrected chi connectivity index (χ2v) is 5.41. The smallest absolute Gasteiger partial charge is 0.339 e. The average molecular weight is 371 g/mol. The van der Waals surface area contributed by atoms with Crippen LogP contribution in [0.25, 0.3) is 0 Å². The van der Waals surface area contributed by atoms with Gasteiger partial charge in [0, 0.05) is 22.3 Å². The molecule has 2 aromatic rings. The van der Waals surface area contributed by atoms with Gasteiger partial charge in [-0.3, -0.25) is 4.99 Å². The molecular weight excluding hydrogens is 362 g/mol. The minimum Gasteiger partial charge on any atom is -0.507 e. The zero-order valence-electron chi connectivity index (χ0n) is 10.4. The molecule has 0 saturated carbocycles. The Morgan fingerprint density at radius 3 is 2.57 bits per heavy atom. The van der Waals surface area contributed by atoms with Crippen LogP contribution in [-0.2, 0) is 0 Å². The standard InChI is InChI=1S/C14H9BrClNO4/c15-8-3-7(13(19)11(16)4-8)6-17-9-1-2-10(14(20)21)12(18)5-9/h1-6,18-19H,(H,20,21). The minimum atomic E-state index is -1.22. The van der Waals surface area contributed by atoms with Crippen LogP contribution in [0.3, 0.4) is 0 Å². The first-order chi connectivity index (χ1) is 9.88. The van der Waals surface area contributed by atoms with Crippen LogP contribution < -0.4 is 0 Å². The summed E-state index contributed by atoms with van der Waals surface area (Å²) in [6.45, 7) is 0. The third-order valence-corrected chi connectivity index (χ3v) is 3.37. The summed E-state index contributed by atoms with van der Waals surface area (Å²) < 4.78 is 0.677. The predicted octanol–water partition coefficient (Wildman–Crippen LogP) is 3.96. The molecule has 3 N–H and O–H groups in total. The molecule has 0 fully saturated rings. The van der Waals surface area contributed by atoms with Crippen molar-refractivity contribution in [2.24, 2.45) is 4.99 Å². The Morgan fingerprint density at radius 1 is 1.24 bits per heavy atom. The lowest BCUT2D eigenvalue weighted by Crippen LogP contribution is -1.95. The number of rotatable bonds is 3. The number of aromatic hydroxyl groups is 2. The minimum absolute atomic E-state index is 0.116. The van der Waals surface area contributed by atoms with Gasteiger partial charge in [0.2, 0.25) is 0 Å². The third-order valence-electron chi connectivity index (χ3n) is 2.62. The van der Waals surface area contributed by atoms with E-state index >= 15 is 0 Å². The fraction of sp³-hybridized carbons (Fsp3) is 0. The largest absolute Gasteiger partial charge is 0.507 e. The number of carboxylic acids is 1. The van der Waals surface area contributed by atoms with Crippen molar-refractivity contribution in [2.45, 2.75) is 0 Å². The van der Waals surface area contributed by atoms with Crippen molar-refractivity contribution < 1.29 is 20.1 Å². The first-order valence-corrected chi connectivity index (χ1v) is 6.84. The second kappa shape index (κ2) is 6.15. The fourth-order valence-corrected chi connectivity index (χ4v) is 2.44. The molecule has 0 unspecified atom stereocenters. The van der Waals surface area contributed by atoms with Crippen molar-refractivity contribution in [1.82, 2.24) is 0 Å². The van der Waals surface area contributed by atoms with Crippen LogP contribution in [-0.4, -0.2) is 27.5 Å². The number of nitrogens with zero attached hydrogens (tertiary/aromatic N) is 1. The number of carboxylic acid groups (broad SMARTS) is 1. The Bertz CT molecular complexity index is 746. The van der Waals surface area contributed by atoms with Gasteiger partial charge < -0.3 is 15.3 Å². The van der Waals surface area contributed by atoms with Crippen LogP contribution in [0.2, 0.25) is 5.02 Å². The number of aliphatic imine (C=N–C) groups is 1. The summed E-state index contributed by atoms with van der Waals surface area (Å²) in [5.74, 6) is -1.72.